The van der Waals surface area contributed by atoms with Gasteiger partial charge in [-0.3, -0.25) is 5.32 Å². The molecule has 0 spiro atoms. The summed E-state index contributed by atoms with van der Waals surface area (Å²) >= 11 is 0. The molecule has 158 valence electrons. The molecule has 0 aliphatic rings. The largest absolute Gasteiger partial charge is 0.473 e. The lowest BCUT2D eigenvalue weighted by molar-refractivity contribution is -0.136. The van der Waals surface area contributed by atoms with Crippen LogP contribution in [-0.4, -0.2) is 24.2 Å². The smallest absolute Gasteiger partial charge is 0.412 e. The van der Waals surface area contributed by atoms with E-state index in [0.29, 0.717) is 18.1 Å². The molecule has 7 nitrogen and oxygen atoms in total. The summed E-state index contributed by atoms with van der Waals surface area (Å²) in [7, 11) is 1.23. The van der Waals surface area contributed by atoms with Gasteiger partial charge in [-0.15, -0.1) is 0 Å². The normalized spacial score (nSPS) is 10.8. The van der Waals surface area contributed by atoms with Gasteiger partial charge < -0.3 is 14.2 Å². The van der Waals surface area contributed by atoms with Crippen molar-refractivity contribution in [3.05, 3.63) is 101 Å². The van der Waals surface area contributed by atoms with Crippen LogP contribution in [-0.2, 0) is 27.5 Å². The minimum atomic E-state index is -0.767. The van der Waals surface area contributed by atoms with Crippen LogP contribution < -0.4 is 10.1 Å². The molecule has 0 aliphatic carbocycles. The number of nitrogens with zero attached hydrogens (tertiary/aromatic N) is 1. The van der Waals surface area contributed by atoms with E-state index in [1.807, 2.05) is 60.7 Å². The summed E-state index contributed by atoms with van der Waals surface area (Å²) < 4.78 is 15.5. The van der Waals surface area contributed by atoms with Crippen LogP contribution in [0.2, 0.25) is 0 Å². The van der Waals surface area contributed by atoms with Crippen LogP contribution >= 0.6 is 0 Å². The molecule has 1 aromatic heterocycles. The summed E-state index contributed by atoms with van der Waals surface area (Å²) in [6, 6.07) is 22.3. The van der Waals surface area contributed by atoms with Gasteiger partial charge in [0.05, 0.1) is 7.11 Å². The zero-order valence-corrected chi connectivity index (χ0v) is 17.0. The summed E-state index contributed by atoms with van der Waals surface area (Å²) in [5.41, 5.74) is 2.37. The van der Waals surface area contributed by atoms with Gasteiger partial charge in [-0.2, -0.15) is 0 Å². The Morgan fingerprint density at radius 2 is 1.55 bits per heavy atom. The predicted octanol–water partition coefficient (Wildman–Crippen LogP) is 4.10. The first-order chi connectivity index (χ1) is 15.1. The number of amides is 1. The van der Waals surface area contributed by atoms with Crippen LogP contribution in [0.1, 0.15) is 16.7 Å². The number of ether oxygens (including phenoxy) is 3. The second-order valence-electron chi connectivity index (χ2n) is 6.44. The number of carbonyl (C=O) groups excluding carboxylic acids is 2. The summed E-state index contributed by atoms with van der Waals surface area (Å²) in [5.74, 6) is -0.267. The first-order valence-corrected chi connectivity index (χ1v) is 9.54. The third kappa shape index (κ3) is 7.01. The van der Waals surface area contributed by atoms with Crippen molar-refractivity contribution in [1.29, 1.82) is 0 Å². The van der Waals surface area contributed by atoms with Gasteiger partial charge in [-0.05, 0) is 28.8 Å². The van der Waals surface area contributed by atoms with E-state index in [1.54, 1.807) is 12.1 Å². The molecule has 1 heterocycles. The summed E-state index contributed by atoms with van der Waals surface area (Å²) in [6.45, 7) is 0.474. The highest BCUT2D eigenvalue weighted by molar-refractivity contribution is 5.96. The van der Waals surface area contributed by atoms with E-state index in [1.165, 1.54) is 19.4 Å². The van der Waals surface area contributed by atoms with Crippen molar-refractivity contribution in [2.75, 3.05) is 7.11 Å². The Balaban J connectivity index is 1.60. The fourth-order valence-electron chi connectivity index (χ4n) is 2.59. The number of alkyl carbamates (subject to hydrolysis) is 1. The maximum Gasteiger partial charge on any atom is 0.412 e. The Labute approximate surface area is 180 Å². The van der Waals surface area contributed by atoms with E-state index in [2.05, 4.69) is 10.3 Å². The number of hydrogen-bond donors (Lipinski definition) is 1. The highest BCUT2D eigenvalue weighted by Gasteiger charge is 2.15. The zero-order valence-electron chi connectivity index (χ0n) is 17.0. The molecule has 0 bridgehead atoms. The average Bonchev–Trinajstić information content (AvgIpc) is 2.82. The average molecular weight is 418 g/mol. The lowest BCUT2D eigenvalue weighted by Gasteiger charge is -2.10. The summed E-state index contributed by atoms with van der Waals surface area (Å²) in [5, 5.41) is 2.41. The molecule has 0 fully saturated rings. The van der Waals surface area contributed by atoms with Crippen LogP contribution in [0.5, 0.6) is 5.88 Å². The molecule has 0 aliphatic heterocycles. The van der Waals surface area contributed by atoms with Crippen molar-refractivity contribution >= 4 is 18.1 Å². The zero-order chi connectivity index (χ0) is 21.9. The number of nitrogens with one attached hydrogen (secondary N) is 1. The number of methoxy groups -OCH3 is 1. The topological polar surface area (TPSA) is 86.8 Å². The molecule has 0 unspecified atom stereocenters. The molecule has 7 heteroatoms. The van der Waals surface area contributed by atoms with E-state index in [9.17, 15) is 9.59 Å². The summed E-state index contributed by atoms with van der Waals surface area (Å²) in [4.78, 5) is 28.4. The second kappa shape index (κ2) is 11.2. The molecule has 3 aromatic rings. The molecule has 3 rings (SSSR count). The molecule has 2 aromatic carbocycles. The number of pyridine rings is 1. The van der Waals surface area contributed by atoms with Gasteiger partial charge in [0.15, 0.2) is 0 Å². The first-order valence-electron chi connectivity index (χ1n) is 9.54. The van der Waals surface area contributed by atoms with Crippen LogP contribution in [0.3, 0.4) is 0 Å². The van der Waals surface area contributed by atoms with Crippen LogP contribution in [0, 0.1) is 0 Å². The SMILES string of the molecule is COC(=O)/C(=C\c1ccc(OCc2ccccc2)nc1)NC(=O)OCc1ccccc1. The molecule has 1 N–H and O–H groups in total. The van der Waals surface area contributed by atoms with Crippen molar-refractivity contribution in [3.63, 3.8) is 0 Å². The number of esters is 1. The van der Waals surface area contributed by atoms with Gasteiger partial charge >= 0.3 is 12.1 Å². The summed E-state index contributed by atoms with van der Waals surface area (Å²) in [6.07, 6.45) is 2.21. The van der Waals surface area contributed by atoms with Crippen molar-refractivity contribution in [3.8, 4) is 5.88 Å². The number of rotatable bonds is 8. The van der Waals surface area contributed by atoms with Crippen molar-refractivity contribution in [2.24, 2.45) is 0 Å². The van der Waals surface area contributed by atoms with Crippen LogP contribution in [0.15, 0.2) is 84.7 Å². The third-order valence-electron chi connectivity index (χ3n) is 4.15. The molecular weight excluding hydrogens is 396 g/mol. The highest BCUT2D eigenvalue weighted by Crippen LogP contribution is 2.13. The monoisotopic (exact) mass is 418 g/mol. The van der Waals surface area contributed by atoms with E-state index in [4.69, 9.17) is 14.2 Å². The third-order valence-corrected chi connectivity index (χ3v) is 4.15. The molecule has 0 atom stereocenters. The number of carbonyl (C=O) groups is 2. The van der Waals surface area contributed by atoms with Gasteiger partial charge in [-0.25, -0.2) is 14.6 Å². The quantitative estimate of drug-likeness (QED) is 0.438. The minimum Gasteiger partial charge on any atom is -0.473 e. The second-order valence-corrected chi connectivity index (χ2v) is 6.44. The van der Waals surface area contributed by atoms with Crippen molar-refractivity contribution in [1.82, 2.24) is 10.3 Å². The molecule has 0 saturated heterocycles. The van der Waals surface area contributed by atoms with Gasteiger partial charge in [0, 0.05) is 12.3 Å². The minimum absolute atomic E-state index is 0.0692. The van der Waals surface area contributed by atoms with E-state index in [0.717, 1.165) is 11.1 Å². The Kier molecular flexibility index (Phi) is 7.77. The molecule has 31 heavy (non-hydrogen) atoms. The Morgan fingerprint density at radius 3 is 2.13 bits per heavy atom. The van der Waals surface area contributed by atoms with E-state index >= 15 is 0 Å². The maximum absolute atomic E-state index is 12.1. The van der Waals surface area contributed by atoms with E-state index < -0.39 is 12.1 Å². The predicted molar refractivity (Wildman–Crippen MR) is 115 cm³/mol. The van der Waals surface area contributed by atoms with Gasteiger partial charge in [-0.1, -0.05) is 60.7 Å². The molecule has 0 radical (unpaired) electrons. The standard InChI is InChI=1S/C24H22N2O5/c1-29-23(27)21(26-24(28)31-17-19-10-6-3-7-11-19)14-20-12-13-22(25-15-20)30-16-18-8-4-2-5-9-18/h2-15H,16-17H2,1H3,(H,26,28)/b21-14+. The first kappa shape index (κ1) is 21.6. The number of aromatic nitrogens is 1. The van der Waals surface area contributed by atoms with Crippen molar-refractivity contribution in [2.45, 2.75) is 13.2 Å². The Morgan fingerprint density at radius 1 is 0.903 bits per heavy atom. The molecular formula is C24H22N2O5. The molecule has 0 saturated carbocycles. The fraction of sp³-hybridized carbons (Fsp3) is 0.125. The Bertz CT molecular complexity index is 1020. The van der Waals surface area contributed by atoms with Gasteiger partial charge in [0.1, 0.15) is 18.9 Å². The lowest BCUT2D eigenvalue weighted by atomic mass is 10.2. The van der Waals surface area contributed by atoms with Crippen molar-refractivity contribution < 1.29 is 23.8 Å². The van der Waals surface area contributed by atoms with Gasteiger partial charge in [0.25, 0.3) is 0 Å². The number of benzene rings is 2. The number of hydrogen-bond acceptors (Lipinski definition) is 6. The Hall–Kier alpha value is -4.13. The van der Waals surface area contributed by atoms with Crippen LogP contribution in [0.25, 0.3) is 6.08 Å². The van der Waals surface area contributed by atoms with E-state index in [-0.39, 0.29) is 12.3 Å². The molecule has 1 amide bonds. The fourth-order valence-corrected chi connectivity index (χ4v) is 2.59. The lowest BCUT2D eigenvalue weighted by Crippen LogP contribution is -2.28. The van der Waals surface area contributed by atoms with Crippen LogP contribution in [0.4, 0.5) is 4.79 Å². The van der Waals surface area contributed by atoms with Gasteiger partial charge in [0.2, 0.25) is 5.88 Å². The highest BCUT2D eigenvalue weighted by atomic mass is 16.6. The maximum atomic E-state index is 12.1.